The fourth-order valence-corrected chi connectivity index (χ4v) is 1.90. The number of nitrogens with two attached hydrogens (primary N) is 1. The van der Waals surface area contributed by atoms with Gasteiger partial charge in [-0.15, -0.1) is 0 Å². The zero-order valence-corrected chi connectivity index (χ0v) is 9.69. The highest BCUT2D eigenvalue weighted by molar-refractivity contribution is 5.94. The molecular weight excluding hydrogens is 218 g/mol. The summed E-state index contributed by atoms with van der Waals surface area (Å²) in [7, 11) is 0. The average molecular weight is 235 g/mol. The van der Waals surface area contributed by atoms with Gasteiger partial charge in [0, 0.05) is 24.9 Å². The minimum Gasteiger partial charge on any atom is -0.384 e. The molecule has 1 unspecified atom stereocenters. The molecule has 5 nitrogen and oxygen atoms in total. The molecule has 2 heterocycles. The van der Waals surface area contributed by atoms with Gasteiger partial charge in [-0.25, -0.2) is 4.98 Å². The van der Waals surface area contributed by atoms with Crippen molar-refractivity contribution < 1.29 is 9.53 Å². The van der Waals surface area contributed by atoms with E-state index >= 15 is 0 Å². The van der Waals surface area contributed by atoms with Gasteiger partial charge in [0.05, 0.1) is 6.61 Å². The molecule has 0 aliphatic carbocycles. The fourth-order valence-electron chi connectivity index (χ4n) is 1.90. The van der Waals surface area contributed by atoms with Gasteiger partial charge in [-0.1, -0.05) is 0 Å². The maximum Gasteiger partial charge on any atom is 0.251 e. The number of amides is 1. The maximum absolute atomic E-state index is 11.8. The van der Waals surface area contributed by atoms with Crippen molar-refractivity contribution >= 4 is 11.7 Å². The molecule has 0 spiro atoms. The summed E-state index contributed by atoms with van der Waals surface area (Å²) < 4.78 is 5.36. The van der Waals surface area contributed by atoms with Crippen LogP contribution in [0.25, 0.3) is 0 Å². The molecular formula is C12H17N3O2. The van der Waals surface area contributed by atoms with Gasteiger partial charge >= 0.3 is 0 Å². The van der Waals surface area contributed by atoms with Crippen LogP contribution in [0.5, 0.6) is 0 Å². The molecule has 92 valence electrons. The third-order valence-electron chi connectivity index (χ3n) is 2.85. The lowest BCUT2D eigenvalue weighted by atomic mass is 10.0. The molecule has 1 aromatic heterocycles. The van der Waals surface area contributed by atoms with Crippen molar-refractivity contribution in [2.45, 2.75) is 12.8 Å². The van der Waals surface area contributed by atoms with E-state index in [1.165, 1.54) is 6.20 Å². The Bertz CT molecular complexity index is 389. The number of nitrogens with zero attached hydrogens (tertiary/aromatic N) is 1. The summed E-state index contributed by atoms with van der Waals surface area (Å²) >= 11 is 0. The number of carbonyl (C=O) groups is 1. The molecule has 1 fully saturated rings. The molecule has 0 saturated carbocycles. The number of nitrogen functional groups attached to an aromatic ring is 1. The van der Waals surface area contributed by atoms with E-state index in [2.05, 4.69) is 10.3 Å². The Morgan fingerprint density at radius 2 is 2.53 bits per heavy atom. The highest BCUT2D eigenvalue weighted by Gasteiger charge is 2.15. The molecule has 1 atom stereocenters. The minimum atomic E-state index is -0.107. The van der Waals surface area contributed by atoms with Gasteiger partial charge < -0.3 is 15.8 Å². The van der Waals surface area contributed by atoms with Crippen LogP contribution >= 0.6 is 0 Å². The lowest BCUT2D eigenvalue weighted by molar-refractivity contribution is 0.0536. The van der Waals surface area contributed by atoms with E-state index in [9.17, 15) is 4.79 Å². The second-order valence-electron chi connectivity index (χ2n) is 4.26. The van der Waals surface area contributed by atoms with Crippen molar-refractivity contribution in [1.29, 1.82) is 0 Å². The molecule has 1 amide bonds. The Morgan fingerprint density at radius 1 is 1.65 bits per heavy atom. The molecule has 2 rings (SSSR count). The highest BCUT2D eigenvalue weighted by Crippen LogP contribution is 2.12. The first-order valence-electron chi connectivity index (χ1n) is 5.83. The Labute approximate surface area is 100 Å². The number of anilines is 1. The van der Waals surface area contributed by atoms with Gasteiger partial charge in [-0.05, 0) is 30.9 Å². The van der Waals surface area contributed by atoms with Crippen molar-refractivity contribution in [1.82, 2.24) is 10.3 Å². The van der Waals surface area contributed by atoms with Crippen LogP contribution < -0.4 is 11.1 Å². The third-order valence-corrected chi connectivity index (χ3v) is 2.85. The van der Waals surface area contributed by atoms with Crippen molar-refractivity contribution in [3.63, 3.8) is 0 Å². The van der Waals surface area contributed by atoms with E-state index in [1.807, 2.05) is 0 Å². The van der Waals surface area contributed by atoms with Gasteiger partial charge in [0.25, 0.3) is 5.91 Å². The average Bonchev–Trinajstić information content (AvgIpc) is 2.37. The van der Waals surface area contributed by atoms with E-state index in [-0.39, 0.29) is 5.91 Å². The van der Waals surface area contributed by atoms with Crippen molar-refractivity contribution in [2.24, 2.45) is 5.92 Å². The van der Waals surface area contributed by atoms with Gasteiger partial charge in [-0.3, -0.25) is 4.79 Å². The van der Waals surface area contributed by atoms with Crippen molar-refractivity contribution in [3.8, 4) is 0 Å². The Balaban J connectivity index is 1.84. The molecule has 0 bridgehead atoms. The highest BCUT2D eigenvalue weighted by atomic mass is 16.5. The normalized spacial score (nSPS) is 19.9. The molecule has 1 saturated heterocycles. The third kappa shape index (κ3) is 3.42. The fraction of sp³-hybridized carbons (Fsp3) is 0.500. The Kier molecular flexibility index (Phi) is 3.93. The summed E-state index contributed by atoms with van der Waals surface area (Å²) in [6, 6.07) is 3.23. The van der Waals surface area contributed by atoms with Gasteiger partial charge in [0.15, 0.2) is 0 Å². The van der Waals surface area contributed by atoms with Crippen LogP contribution in [-0.4, -0.2) is 30.6 Å². The number of hydrogen-bond acceptors (Lipinski definition) is 4. The number of aromatic nitrogens is 1. The van der Waals surface area contributed by atoms with Crippen LogP contribution in [0.2, 0.25) is 0 Å². The molecule has 17 heavy (non-hydrogen) atoms. The summed E-state index contributed by atoms with van der Waals surface area (Å²) in [5, 5.41) is 2.89. The van der Waals surface area contributed by atoms with Crippen LogP contribution in [0.15, 0.2) is 18.3 Å². The molecule has 0 radical (unpaired) electrons. The number of carbonyl (C=O) groups excluding carboxylic acids is 1. The molecule has 1 aliphatic rings. The van der Waals surface area contributed by atoms with Crippen LogP contribution in [0.4, 0.5) is 5.82 Å². The monoisotopic (exact) mass is 235 g/mol. The standard InChI is InChI=1S/C12H17N3O2/c13-11-6-10(3-4-14-11)12(16)15-7-9-2-1-5-17-8-9/h3-4,6,9H,1-2,5,7-8H2,(H2,13,14)(H,15,16). The van der Waals surface area contributed by atoms with E-state index in [0.29, 0.717) is 23.8 Å². The molecule has 5 heteroatoms. The van der Waals surface area contributed by atoms with Crippen molar-refractivity contribution in [2.75, 3.05) is 25.5 Å². The van der Waals surface area contributed by atoms with Gasteiger partial charge in [-0.2, -0.15) is 0 Å². The number of pyridine rings is 1. The first-order chi connectivity index (χ1) is 8.25. The number of rotatable bonds is 3. The van der Waals surface area contributed by atoms with Crippen LogP contribution in [0.1, 0.15) is 23.2 Å². The van der Waals surface area contributed by atoms with E-state index < -0.39 is 0 Å². The van der Waals surface area contributed by atoms with Gasteiger partial charge in [0.2, 0.25) is 0 Å². The quantitative estimate of drug-likeness (QED) is 0.813. The van der Waals surface area contributed by atoms with Crippen LogP contribution in [-0.2, 0) is 4.74 Å². The van der Waals surface area contributed by atoms with Gasteiger partial charge in [0.1, 0.15) is 5.82 Å². The van der Waals surface area contributed by atoms with Crippen molar-refractivity contribution in [3.05, 3.63) is 23.9 Å². The lowest BCUT2D eigenvalue weighted by Crippen LogP contribution is -2.33. The Morgan fingerprint density at radius 3 is 3.24 bits per heavy atom. The largest absolute Gasteiger partial charge is 0.384 e. The summed E-state index contributed by atoms with van der Waals surface area (Å²) in [5.74, 6) is 0.676. The first-order valence-corrected chi connectivity index (χ1v) is 5.83. The summed E-state index contributed by atoms with van der Waals surface area (Å²) in [4.78, 5) is 15.7. The van der Waals surface area contributed by atoms with E-state index in [0.717, 1.165) is 26.1 Å². The zero-order chi connectivity index (χ0) is 12.1. The van der Waals surface area contributed by atoms with E-state index in [4.69, 9.17) is 10.5 Å². The Hall–Kier alpha value is -1.62. The smallest absolute Gasteiger partial charge is 0.251 e. The predicted molar refractivity (Wildman–Crippen MR) is 64.5 cm³/mol. The second-order valence-corrected chi connectivity index (χ2v) is 4.26. The van der Waals surface area contributed by atoms with E-state index in [1.54, 1.807) is 12.1 Å². The summed E-state index contributed by atoms with van der Waals surface area (Å²) in [6.45, 7) is 2.23. The number of ether oxygens (including phenoxy) is 1. The molecule has 1 aliphatic heterocycles. The topological polar surface area (TPSA) is 77.2 Å². The summed E-state index contributed by atoms with van der Waals surface area (Å²) in [5.41, 5.74) is 6.07. The number of hydrogen-bond donors (Lipinski definition) is 2. The number of nitrogens with one attached hydrogen (secondary N) is 1. The molecule has 0 aromatic carbocycles. The van der Waals surface area contributed by atoms with Crippen LogP contribution in [0, 0.1) is 5.92 Å². The zero-order valence-electron chi connectivity index (χ0n) is 9.69. The van der Waals surface area contributed by atoms with Crippen LogP contribution in [0.3, 0.4) is 0 Å². The molecule has 1 aromatic rings. The first kappa shape index (κ1) is 11.9. The maximum atomic E-state index is 11.8. The minimum absolute atomic E-state index is 0.107. The summed E-state index contributed by atoms with van der Waals surface area (Å²) in [6.07, 6.45) is 3.72. The SMILES string of the molecule is Nc1cc(C(=O)NCC2CCCOC2)ccn1. The predicted octanol–water partition coefficient (Wildman–Crippen LogP) is 0.820. The second kappa shape index (κ2) is 5.63. The lowest BCUT2D eigenvalue weighted by Gasteiger charge is -2.22. The molecule has 3 N–H and O–H groups in total.